The number of fused-ring (bicyclic) bond motifs is 8. The number of anilines is 3. The topological polar surface area (TPSA) is 29.5 Å². The number of rotatable bonds is 5. The minimum Gasteiger partial charge on any atom is -0.456 e. The third kappa shape index (κ3) is 5.08. The summed E-state index contributed by atoms with van der Waals surface area (Å²) in [5.41, 5.74) is 9.71. The highest BCUT2D eigenvalue weighted by molar-refractivity contribution is 6.69. The molecule has 10 aromatic rings. The van der Waals surface area contributed by atoms with Crippen molar-refractivity contribution in [1.82, 2.24) is 0 Å². The van der Waals surface area contributed by atoms with E-state index in [0.717, 1.165) is 66.5 Å². The van der Waals surface area contributed by atoms with Crippen molar-refractivity contribution in [3.63, 3.8) is 0 Å². The average Bonchev–Trinajstić information content (AvgIpc) is 3.83. The van der Waals surface area contributed by atoms with Crippen LogP contribution in [-0.4, -0.2) is 54.9 Å². The predicted octanol–water partition coefficient (Wildman–Crippen LogP) is 5.00. The normalized spacial score (nSPS) is 11.7. The quantitative estimate of drug-likeness (QED) is 0.238. The molecule has 2 aromatic heterocycles. The predicted molar refractivity (Wildman–Crippen MR) is 242 cm³/mol. The van der Waals surface area contributed by atoms with Gasteiger partial charge >= 0.3 is 0 Å². The molecule has 10 rings (SSSR count). The van der Waals surface area contributed by atoms with Crippen LogP contribution >= 0.6 is 0 Å². The Morgan fingerprint density at radius 2 is 0.875 bits per heavy atom. The van der Waals surface area contributed by atoms with Gasteiger partial charge in [0.2, 0.25) is 0 Å². The van der Waals surface area contributed by atoms with Gasteiger partial charge in [-0.3, -0.25) is 0 Å². The Bertz CT molecular complexity index is 3210. The SMILES string of the molecule is [B]c1c([B])c([B])c2c(oc3c(-c4ccc(N(c5ccc(-c6ccccc6)cc5)c5cccc6c5oc5c7ccccc7ccc65)cc4)c([B])c([B])c([B])c32)c1[B]. The smallest absolute Gasteiger partial charge is 0.159 e. The highest BCUT2D eigenvalue weighted by Gasteiger charge is 2.24. The molecule has 0 aliphatic carbocycles. The summed E-state index contributed by atoms with van der Waals surface area (Å²) in [5.74, 6) is 0. The maximum atomic E-state index is 6.83. The Labute approximate surface area is 332 Å². The second-order valence-corrected chi connectivity index (χ2v) is 14.0. The molecule has 3 nitrogen and oxygen atoms in total. The van der Waals surface area contributed by atoms with Crippen LogP contribution in [0.1, 0.15) is 0 Å². The third-order valence-electron chi connectivity index (χ3n) is 10.9. The largest absolute Gasteiger partial charge is 0.456 e. The van der Waals surface area contributed by atoms with Gasteiger partial charge in [-0.2, -0.15) is 0 Å². The van der Waals surface area contributed by atoms with Gasteiger partial charge in [-0.1, -0.05) is 119 Å². The molecule has 0 aliphatic rings. The molecule has 0 spiro atoms. The van der Waals surface area contributed by atoms with Crippen molar-refractivity contribution < 1.29 is 8.83 Å². The number of hydrogen-bond acceptors (Lipinski definition) is 3. The first-order valence-corrected chi connectivity index (χ1v) is 18.0. The first-order valence-electron chi connectivity index (χ1n) is 18.0. The molecule has 0 saturated heterocycles. The fraction of sp³-hybridized carbons (Fsp3) is 0. The maximum Gasteiger partial charge on any atom is 0.159 e. The van der Waals surface area contributed by atoms with Gasteiger partial charge in [-0.25, -0.2) is 0 Å². The summed E-state index contributed by atoms with van der Waals surface area (Å²) < 4.78 is 13.2. The molecule has 56 heavy (non-hydrogen) atoms. The van der Waals surface area contributed by atoms with Crippen LogP contribution in [0, 0.1) is 0 Å². The molecule has 0 saturated carbocycles. The molecule has 0 unspecified atom stereocenters. The highest BCUT2D eigenvalue weighted by Crippen LogP contribution is 2.44. The van der Waals surface area contributed by atoms with E-state index < -0.39 is 0 Å². The van der Waals surface area contributed by atoms with E-state index in [1.807, 2.05) is 54.6 Å². The molecular formula is C46H22B7NO2. The van der Waals surface area contributed by atoms with E-state index in [9.17, 15) is 0 Å². The summed E-state index contributed by atoms with van der Waals surface area (Å²) >= 11 is 0. The summed E-state index contributed by atoms with van der Waals surface area (Å²) in [5, 5.41) is 5.13. The molecule has 8 aromatic carbocycles. The van der Waals surface area contributed by atoms with Crippen LogP contribution < -0.4 is 43.1 Å². The third-order valence-corrected chi connectivity index (χ3v) is 10.9. The van der Waals surface area contributed by atoms with Crippen LogP contribution in [0.15, 0.2) is 142 Å². The van der Waals surface area contributed by atoms with Gasteiger partial charge in [-0.15, -0.1) is 16.4 Å². The van der Waals surface area contributed by atoms with Crippen molar-refractivity contribution >= 4 is 165 Å². The fourth-order valence-electron chi connectivity index (χ4n) is 8.01. The minimum absolute atomic E-state index is 0.129. The first kappa shape index (κ1) is 34.4. The number of para-hydroxylation sites is 1. The lowest BCUT2D eigenvalue weighted by Crippen LogP contribution is -2.47. The molecule has 0 N–H and O–H groups in total. The number of benzene rings is 8. The van der Waals surface area contributed by atoms with Crippen LogP contribution in [0.5, 0.6) is 0 Å². The van der Waals surface area contributed by atoms with E-state index >= 15 is 0 Å². The second kappa shape index (κ2) is 13.0. The van der Waals surface area contributed by atoms with Crippen LogP contribution in [-0.2, 0) is 0 Å². The van der Waals surface area contributed by atoms with Crippen LogP contribution in [0.4, 0.5) is 17.1 Å². The van der Waals surface area contributed by atoms with Crippen molar-refractivity contribution in [1.29, 1.82) is 0 Å². The summed E-state index contributed by atoms with van der Waals surface area (Å²) in [6.07, 6.45) is 0. The number of hydrogen-bond donors (Lipinski definition) is 0. The van der Waals surface area contributed by atoms with E-state index in [2.05, 4.69) is 83.8 Å². The van der Waals surface area contributed by atoms with Crippen molar-refractivity contribution in [2.24, 2.45) is 0 Å². The standard InChI is InChI=1S/C46H22B7NO2/c47-36-33(45-34(37(48)39(36)50)35-38(49)40(51)41(52)42(53)46(35)56-45)26-15-20-28(21-16-26)54(27-18-13-24(14-19-27)23-7-2-1-3-8-23)32-12-6-11-30-31-22-17-25-9-4-5-10-29(25)43(31)55-44(30)32/h1-22H. The minimum atomic E-state index is 0.129. The lowest BCUT2D eigenvalue weighted by Gasteiger charge is -2.26. The summed E-state index contributed by atoms with van der Waals surface area (Å²) in [6.45, 7) is 0. The van der Waals surface area contributed by atoms with E-state index in [-0.39, 0.29) is 43.8 Å². The Kier molecular flexibility index (Phi) is 7.97. The summed E-state index contributed by atoms with van der Waals surface area (Å²) in [4.78, 5) is 2.19. The Morgan fingerprint density at radius 3 is 1.59 bits per heavy atom. The van der Waals surface area contributed by atoms with Crippen molar-refractivity contribution in [2.45, 2.75) is 0 Å². The number of nitrogens with zero attached hydrogens (tertiary/aromatic N) is 1. The van der Waals surface area contributed by atoms with Crippen molar-refractivity contribution in [2.75, 3.05) is 4.90 Å². The van der Waals surface area contributed by atoms with E-state index in [1.54, 1.807) is 0 Å². The maximum absolute atomic E-state index is 6.83. The van der Waals surface area contributed by atoms with Crippen molar-refractivity contribution in [3.8, 4) is 22.3 Å². The summed E-state index contributed by atoms with van der Waals surface area (Å²) in [6, 6.07) is 45.6. The van der Waals surface area contributed by atoms with E-state index in [0.29, 0.717) is 21.9 Å². The van der Waals surface area contributed by atoms with Gasteiger partial charge in [0.15, 0.2) is 5.58 Å². The first-order chi connectivity index (χ1) is 27.2. The van der Waals surface area contributed by atoms with Gasteiger partial charge < -0.3 is 13.7 Å². The highest BCUT2D eigenvalue weighted by atomic mass is 16.3. The second-order valence-electron chi connectivity index (χ2n) is 14.0. The van der Waals surface area contributed by atoms with Gasteiger partial charge in [0.05, 0.1) is 5.69 Å². The number of furan rings is 2. The molecule has 0 bridgehead atoms. The zero-order valence-electron chi connectivity index (χ0n) is 30.0. The summed E-state index contributed by atoms with van der Waals surface area (Å²) in [7, 11) is 45.2. The molecule has 10 heteroatoms. The average molecular weight is 696 g/mol. The van der Waals surface area contributed by atoms with Gasteiger partial charge in [-0.05, 0) is 58.5 Å². The molecule has 244 valence electrons. The monoisotopic (exact) mass is 697 g/mol. The van der Waals surface area contributed by atoms with Gasteiger partial charge in [0.25, 0.3) is 0 Å². The molecular weight excluding hydrogens is 674 g/mol. The lowest BCUT2D eigenvalue weighted by molar-refractivity contribution is 0.672. The van der Waals surface area contributed by atoms with Gasteiger partial charge in [0, 0.05) is 43.9 Å². The van der Waals surface area contributed by atoms with Crippen molar-refractivity contribution in [3.05, 3.63) is 133 Å². The van der Waals surface area contributed by atoms with Crippen LogP contribution in [0.2, 0.25) is 0 Å². The van der Waals surface area contributed by atoms with E-state index in [1.165, 1.54) is 0 Å². The molecule has 14 radical (unpaired) electrons. The zero-order chi connectivity index (χ0) is 38.4. The Morgan fingerprint density at radius 1 is 0.339 bits per heavy atom. The zero-order valence-corrected chi connectivity index (χ0v) is 30.0. The lowest BCUT2D eigenvalue weighted by atomic mass is 9.64. The Balaban J connectivity index is 1.18. The molecule has 0 aliphatic heterocycles. The molecule has 0 amide bonds. The van der Waals surface area contributed by atoms with E-state index in [4.69, 9.17) is 63.8 Å². The van der Waals surface area contributed by atoms with Gasteiger partial charge in [0.1, 0.15) is 71.7 Å². The fourth-order valence-corrected chi connectivity index (χ4v) is 8.01. The molecule has 0 fully saturated rings. The molecule has 0 atom stereocenters. The van der Waals surface area contributed by atoms with Crippen LogP contribution in [0.25, 0.3) is 76.9 Å². The van der Waals surface area contributed by atoms with Crippen LogP contribution in [0.3, 0.4) is 0 Å². The molecule has 2 heterocycles. The Hall–Kier alpha value is -6.13.